The molecule has 0 bridgehead atoms. The third-order valence-electron chi connectivity index (χ3n) is 7.48. The molecule has 2 aliphatic carbocycles. The van der Waals surface area contributed by atoms with Gasteiger partial charge in [0.25, 0.3) is 5.56 Å². The molecule has 0 spiro atoms. The number of nitrogens with one attached hydrogen (secondary N) is 1. The predicted octanol–water partition coefficient (Wildman–Crippen LogP) is 8.40. The molecule has 1 N–H and O–H groups in total. The highest BCUT2D eigenvalue weighted by Gasteiger charge is 2.15. The standard InChI is InChI=1S/C18H18N2O2S.C8H15NO.C6H12/c1-2-3-11-20-17(21)15-12-14(9-10-16(15)19-18(20)23)22-13-7-5-4-6-8-13;1-9(7-10)8-5-3-2-4-6-8;1-2-4-6-5-3-1/h4-10,12H,2-3,11H2,1H3,(H,19,23);7-8H,2-6H2,1H3;1-6H2. The van der Waals surface area contributed by atoms with Gasteiger partial charge in [-0.1, -0.05) is 89.3 Å². The van der Waals surface area contributed by atoms with Crippen LogP contribution in [0.1, 0.15) is 90.4 Å². The van der Waals surface area contributed by atoms with E-state index in [2.05, 4.69) is 11.9 Å². The maximum absolute atomic E-state index is 12.7. The summed E-state index contributed by atoms with van der Waals surface area (Å²) in [6.45, 7) is 2.72. The number of carbonyl (C=O) groups is 1. The number of fused-ring (bicyclic) bond motifs is 1. The first kappa shape index (κ1) is 30.6. The molecule has 0 aliphatic heterocycles. The zero-order valence-electron chi connectivity index (χ0n) is 23.7. The van der Waals surface area contributed by atoms with E-state index in [1.165, 1.54) is 70.6 Å². The van der Waals surface area contributed by atoms with E-state index in [0.717, 1.165) is 30.5 Å². The molecule has 0 unspecified atom stereocenters. The van der Waals surface area contributed by atoms with E-state index in [-0.39, 0.29) is 5.56 Å². The molecular weight excluding hydrogens is 506 g/mol. The molecule has 0 atom stereocenters. The van der Waals surface area contributed by atoms with Crippen molar-refractivity contribution in [3.8, 4) is 11.5 Å². The van der Waals surface area contributed by atoms with Gasteiger partial charge in [-0.25, -0.2) is 0 Å². The molecule has 6 nitrogen and oxygen atoms in total. The van der Waals surface area contributed by atoms with E-state index in [4.69, 9.17) is 17.0 Å². The van der Waals surface area contributed by atoms with Crippen molar-refractivity contribution in [3.05, 3.63) is 63.7 Å². The van der Waals surface area contributed by atoms with Crippen LogP contribution in [-0.4, -0.2) is 34.0 Å². The van der Waals surface area contributed by atoms with Crippen LogP contribution < -0.4 is 10.3 Å². The highest BCUT2D eigenvalue weighted by atomic mass is 32.1. The maximum Gasteiger partial charge on any atom is 0.262 e. The smallest absolute Gasteiger partial charge is 0.262 e. The lowest BCUT2D eigenvalue weighted by Crippen LogP contribution is -2.31. The van der Waals surface area contributed by atoms with Gasteiger partial charge in [0.05, 0.1) is 10.9 Å². The normalized spacial score (nSPS) is 15.3. The number of para-hydroxylation sites is 1. The Morgan fingerprint density at radius 3 is 2.15 bits per heavy atom. The fourth-order valence-electron chi connectivity index (χ4n) is 5.07. The molecule has 2 aromatic carbocycles. The summed E-state index contributed by atoms with van der Waals surface area (Å²) < 4.78 is 7.89. The van der Waals surface area contributed by atoms with Crippen molar-refractivity contribution in [1.29, 1.82) is 0 Å². The SMILES string of the molecule is C1CCCCC1.CCCCn1c(=S)[nH]c2ccc(Oc3ccccc3)cc2c1=O.CN(C=O)C1CCCCC1. The number of benzene rings is 2. The Balaban J connectivity index is 0.000000214. The molecule has 1 aromatic heterocycles. The molecule has 0 saturated heterocycles. The summed E-state index contributed by atoms with van der Waals surface area (Å²) in [7, 11) is 1.88. The Kier molecular flexibility index (Phi) is 13.3. The zero-order valence-corrected chi connectivity index (χ0v) is 24.5. The fraction of sp³-hybridized carbons (Fsp3) is 0.531. The van der Waals surface area contributed by atoms with Gasteiger partial charge in [0.2, 0.25) is 6.41 Å². The molecule has 0 radical (unpaired) electrons. The molecular formula is C32H45N3O3S. The van der Waals surface area contributed by atoms with Gasteiger partial charge in [0, 0.05) is 19.6 Å². The minimum atomic E-state index is -0.0734. The van der Waals surface area contributed by atoms with Crippen LogP contribution in [0.5, 0.6) is 11.5 Å². The van der Waals surface area contributed by atoms with Crippen molar-refractivity contribution < 1.29 is 9.53 Å². The average Bonchev–Trinajstić information content (AvgIpc) is 2.99. The lowest BCUT2D eigenvalue weighted by Gasteiger charge is -2.27. The predicted molar refractivity (Wildman–Crippen MR) is 163 cm³/mol. The third kappa shape index (κ3) is 9.95. The Hall–Kier alpha value is -2.93. The topological polar surface area (TPSA) is 67.3 Å². The van der Waals surface area contributed by atoms with Gasteiger partial charge in [0.1, 0.15) is 11.5 Å². The van der Waals surface area contributed by atoms with Crippen LogP contribution in [-0.2, 0) is 11.3 Å². The first-order valence-corrected chi connectivity index (χ1v) is 15.1. The number of carbonyl (C=O) groups excluding carboxylic acids is 1. The largest absolute Gasteiger partial charge is 0.457 e. The number of nitrogens with zero attached hydrogens (tertiary/aromatic N) is 2. The molecule has 2 saturated carbocycles. The molecule has 212 valence electrons. The van der Waals surface area contributed by atoms with Crippen molar-refractivity contribution in [2.24, 2.45) is 0 Å². The third-order valence-corrected chi connectivity index (χ3v) is 7.81. The average molecular weight is 552 g/mol. The first-order chi connectivity index (χ1) is 19.0. The molecule has 5 rings (SSSR count). The number of H-pyrrole nitrogens is 1. The molecule has 39 heavy (non-hydrogen) atoms. The summed E-state index contributed by atoms with van der Waals surface area (Å²) in [5.74, 6) is 1.37. The lowest BCUT2D eigenvalue weighted by atomic mass is 9.95. The number of ether oxygens (including phenoxy) is 1. The van der Waals surface area contributed by atoms with Crippen molar-refractivity contribution in [3.63, 3.8) is 0 Å². The Bertz CT molecular complexity index is 1230. The van der Waals surface area contributed by atoms with Crippen LogP contribution in [0.25, 0.3) is 10.9 Å². The number of rotatable bonds is 7. The summed E-state index contributed by atoms with van der Waals surface area (Å²) in [4.78, 5) is 27.9. The van der Waals surface area contributed by atoms with Crippen molar-refractivity contribution >= 4 is 29.5 Å². The van der Waals surface area contributed by atoms with Crippen LogP contribution in [0, 0.1) is 4.77 Å². The van der Waals surface area contributed by atoms with Gasteiger partial charge in [-0.2, -0.15) is 0 Å². The molecule has 3 aromatic rings. The van der Waals surface area contributed by atoms with E-state index in [0.29, 0.717) is 28.5 Å². The Morgan fingerprint density at radius 2 is 1.56 bits per heavy atom. The first-order valence-electron chi connectivity index (χ1n) is 14.7. The van der Waals surface area contributed by atoms with E-state index >= 15 is 0 Å². The summed E-state index contributed by atoms with van der Waals surface area (Å²) in [5, 5.41) is 0.586. The lowest BCUT2D eigenvalue weighted by molar-refractivity contribution is -0.119. The second-order valence-electron chi connectivity index (χ2n) is 10.5. The summed E-state index contributed by atoms with van der Waals surface area (Å²) in [5.41, 5.74) is 0.656. The second-order valence-corrected chi connectivity index (χ2v) is 10.9. The van der Waals surface area contributed by atoms with Gasteiger partial charge in [-0.05, 0) is 61.8 Å². The number of aromatic nitrogens is 2. The van der Waals surface area contributed by atoms with Crippen LogP contribution >= 0.6 is 12.2 Å². The maximum atomic E-state index is 12.7. The van der Waals surface area contributed by atoms with Gasteiger partial charge < -0.3 is 14.6 Å². The van der Waals surface area contributed by atoms with Crippen LogP contribution in [0.2, 0.25) is 0 Å². The summed E-state index contributed by atoms with van der Waals surface area (Å²) in [6, 6.07) is 15.5. The van der Waals surface area contributed by atoms with Gasteiger partial charge >= 0.3 is 0 Å². The number of aromatic amines is 1. The number of amides is 1. The minimum absolute atomic E-state index is 0.0734. The van der Waals surface area contributed by atoms with Gasteiger partial charge in [-0.3, -0.25) is 14.2 Å². The zero-order chi connectivity index (χ0) is 27.9. The van der Waals surface area contributed by atoms with Crippen molar-refractivity contribution in [1.82, 2.24) is 14.5 Å². The summed E-state index contributed by atoms with van der Waals surface area (Å²) >= 11 is 5.29. The number of hydrogen-bond acceptors (Lipinski definition) is 4. The van der Waals surface area contributed by atoms with Gasteiger partial charge in [0.15, 0.2) is 4.77 Å². The summed E-state index contributed by atoms with van der Waals surface area (Å²) in [6.07, 6.45) is 18.2. The fourth-order valence-corrected chi connectivity index (χ4v) is 5.36. The van der Waals surface area contributed by atoms with Gasteiger partial charge in [-0.15, -0.1) is 0 Å². The molecule has 1 amide bonds. The monoisotopic (exact) mass is 551 g/mol. The van der Waals surface area contributed by atoms with E-state index < -0.39 is 0 Å². The molecule has 1 heterocycles. The van der Waals surface area contributed by atoms with Crippen LogP contribution in [0.3, 0.4) is 0 Å². The Morgan fingerprint density at radius 1 is 0.949 bits per heavy atom. The minimum Gasteiger partial charge on any atom is -0.457 e. The number of unbranched alkanes of at least 4 members (excludes halogenated alkanes) is 1. The Labute approximate surface area is 238 Å². The quantitative estimate of drug-likeness (QED) is 0.236. The van der Waals surface area contributed by atoms with E-state index in [1.54, 1.807) is 15.5 Å². The van der Waals surface area contributed by atoms with E-state index in [9.17, 15) is 9.59 Å². The van der Waals surface area contributed by atoms with Crippen molar-refractivity contribution in [2.45, 2.75) is 103 Å². The van der Waals surface area contributed by atoms with E-state index in [1.807, 2.05) is 49.5 Å². The number of hydrogen-bond donors (Lipinski definition) is 1. The molecule has 2 fully saturated rings. The van der Waals surface area contributed by atoms with Crippen LogP contribution in [0.15, 0.2) is 53.3 Å². The molecule has 2 aliphatic rings. The molecule has 7 heteroatoms. The highest BCUT2D eigenvalue weighted by molar-refractivity contribution is 7.71. The second kappa shape index (κ2) is 16.9. The highest BCUT2D eigenvalue weighted by Crippen LogP contribution is 2.23. The van der Waals surface area contributed by atoms with Crippen LogP contribution in [0.4, 0.5) is 0 Å². The van der Waals surface area contributed by atoms with Crippen molar-refractivity contribution in [2.75, 3.05) is 7.05 Å².